The quantitative estimate of drug-likeness (QED) is 0.140. The summed E-state index contributed by atoms with van der Waals surface area (Å²) in [5.74, 6) is 1.85. The molecule has 3 aliphatic heterocycles. The first-order valence-corrected chi connectivity index (χ1v) is 23.2. The van der Waals surface area contributed by atoms with E-state index >= 15 is 0 Å². The van der Waals surface area contributed by atoms with Crippen molar-refractivity contribution in [3.63, 3.8) is 0 Å². The summed E-state index contributed by atoms with van der Waals surface area (Å²) in [7, 11) is 3.43. The predicted molar refractivity (Wildman–Crippen MR) is 266 cm³/mol. The Morgan fingerprint density at radius 3 is 1.72 bits per heavy atom. The van der Waals surface area contributed by atoms with Crippen molar-refractivity contribution >= 4 is 51.8 Å². The Bertz CT molecular complexity index is 3390. The van der Waals surface area contributed by atoms with E-state index < -0.39 is 0 Å². The monoisotopic (exact) mass is 1030 g/mol. The molecule has 0 aliphatic carbocycles. The normalized spacial score (nSPS) is 14.7. The highest BCUT2D eigenvalue weighted by Gasteiger charge is 2.52. The maximum atomic E-state index is 14.5. The minimum atomic E-state index is -0.323. The molecule has 0 spiro atoms. The van der Waals surface area contributed by atoms with E-state index in [1.165, 1.54) is 12.1 Å². The highest BCUT2D eigenvalue weighted by atomic mass is 79.9. The zero-order valence-corrected chi connectivity index (χ0v) is 41.3. The molecule has 8 aromatic rings. The number of benzene rings is 2. The van der Waals surface area contributed by atoms with Crippen LogP contribution >= 0.6 is 15.9 Å². The summed E-state index contributed by atoms with van der Waals surface area (Å²) in [4.78, 5) is 17.5. The van der Waals surface area contributed by atoms with E-state index in [4.69, 9.17) is 24.0 Å². The summed E-state index contributed by atoms with van der Waals surface area (Å²) in [6.45, 7) is 13.7. The van der Waals surface area contributed by atoms with Crippen LogP contribution in [0.1, 0.15) is 80.2 Å². The van der Waals surface area contributed by atoms with Gasteiger partial charge in [0.15, 0.2) is 22.7 Å². The van der Waals surface area contributed by atoms with Crippen molar-refractivity contribution < 1.29 is 27.6 Å². The lowest BCUT2D eigenvalue weighted by atomic mass is 9.84. The van der Waals surface area contributed by atoms with Gasteiger partial charge in [0.25, 0.3) is 0 Å². The molecule has 71 heavy (non-hydrogen) atoms. The number of hydrogen-bond acceptors (Lipinski definition) is 14. The van der Waals surface area contributed by atoms with Crippen LogP contribution in [0.25, 0.3) is 22.6 Å². The van der Waals surface area contributed by atoms with E-state index in [0.29, 0.717) is 64.8 Å². The van der Waals surface area contributed by atoms with Crippen molar-refractivity contribution in [3.8, 4) is 34.9 Å². The second-order valence-electron chi connectivity index (χ2n) is 17.9. The van der Waals surface area contributed by atoms with Crippen LogP contribution in [0.5, 0.6) is 11.5 Å². The zero-order valence-electron chi connectivity index (χ0n) is 39.7. The molecule has 22 heteroatoms. The molecule has 0 bridgehead atoms. The number of aryl methyl sites for hydroxylation is 4. The van der Waals surface area contributed by atoms with Crippen molar-refractivity contribution in [2.75, 3.05) is 23.8 Å². The number of imidazole rings is 2. The molecule has 6 aromatic heterocycles. The van der Waals surface area contributed by atoms with Crippen LogP contribution < -0.4 is 25.7 Å². The van der Waals surface area contributed by atoms with Gasteiger partial charge in [-0.3, -0.25) is 18.2 Å². The fraction of sp³-hybridized carbons (Fsp3) is 0.347. The van der Waals surface area contributed by atoms with Gasteiger partial charge in [-0.1, -0.05) is 7.43 Å². The molecule has 0 amide bonds. The molecular weight excluding hydrogens is 977 g/mol. The van der Waals surface area contributed by atoms with E-state index in [1.807, 2.05) is 50.8 Å². The third-order valence-corrected chi connectivity index (χ3v) is 13.3. The number of nitrogens with one attached hydrogen (secondary N) is 2. The van der Waals surface area contributed by atoms with Gasteiger partial charge in [-0.15, -0.1) is 0 Å². The van der Waals surface area contributed by atoms with Gasteiger partial charge in [-0.2, -0.15) is 20.7 Å². The molecule has 0 atom stereocenters. The van der Waals surface area contributed by atoms with Crippen LogP contribution in [0.15, 0.2) is 65.7 Å². The molecule has 2 N–H and O–H groups in total. The van der Waals surface area contributed by atoms with Crippen molar-refractivity contribution in [3.05, 3.63) is 122 Å². The largest absolute Gasteiger partial charge is 0.514 e. The van der Waals surface area contributed by atoms with Crippen molar-refractivity contribution in [2.45, 2.75) is 86.1 Å². The lowest BCUT2D eigenvalue weighted by Crippen LogP contribution is -2.41. The third kappa shape index (κ3) is 9.75. The summed E-state index contributed by atoms with van der Waals surface area (Å²) in [5, 5.41) is 33.4. The van der Waals surface area contributed by atoms with E-state index in [9.17, 15) is 14.0 Å². The predicted octanol–water partition coefficient (Wildman–Crippen LogP) is 7.71. The van der Waals surface area contributed by atoms with Gasteiger partial charge in [0, 0.05) is 74.7 Å². The fourth-order valence-corrected chi connectivity index (χ4v) is 8.88. The molecular formula is C49H52BBrF2N14O4. The smallest absolute Gasteiger partial charge is 0.493 e. The Morgan fingerprint density at radius 1 is 0.732 bits per heavy atom. The Kier molecular flexibility index (Phi) is 13.9. The second kappa shape index (κ2) is 19.8. The number of hydrogen-bond donors (Lipinski definition) is 2. The van der Waals surface area contributed by atoms with Gasteiger partial charge in [-0.25, -0.2) is 28.7 Å². The maximum absolute atomic E-state index is 14.5. The van der Waals surface area contributed by atoms with Crippen LogP contribution in [0.2, 0.25) is 0 Å². The van der Waals surface area contributed by atoms with Crippen molar-refractivity contribution in [1.29, 1.82) is 10.5 Å². The molecule has 3 aliphatic rings. The number of nitriles is 2. The van der Waals surface area contributed by atoms with Crippen molar-refractivity contribution in [1.82, 2.24) is 48.3 Å². The van der Waals surface area contributed by atoms with Gasteiger partial charge >= 0.3 is 7.12 Å². The first-order valence-electron chi connectivity index (χ1n) is 22.4. The number of anilines is 2. The van der Waals surface area contributed by atoms with Crippen LogP contribution in [0.4, 0.5) is 20.7 Å². The molecule has 1 saturated heterocycles. The number of rotatable bonds is 8. The van der Waals surface area contributed by atoms with E-state index in [-0.39, 0.29) is 61.9 Å². The van der Waals surface area contributed by atoms with Crippen LogP contribution in [-0.2, 0) is 49.3 Å². The standard InChI is InChI=1S/C21H18FN7O.C16H11BrFN5O.C11H19BN2O2.CH4/c1-12-7-18(28(2)27-12)16-10-25-21(29-11-13(8-23)26-20(16)29)24-9-15-14-5-6-30-19(14)4-3-17(15)22;17-12-7-21-16(23-8-9(5-19)22-15(12)23)20-6-11-10-3-4-24-14(10)2-1-13(11)18;1-8-7-9(14(6)13-8)12-15-10(2,3)11(4,5)16-12;/h3-4,7,10-11H,5-6,9H2,1-2H3,(H,24,25);1-2,7-8H,3-4,6H2,(H,20,21);7H,1-6H3;1H4. The summed E-state index contributed by atoms with van der Waals surface area (Å²) in [6, 6.07) is 14.2. The molecule has 18 nitrogen and oxygen atoms in total. The Labute approximate surface area is 417 Å². The highest BCUT2D eigenvalue weighted by molar-refractivity contribution is 9.10. The van der Waals surface area contributed by atoms with Crippen molar-refractivity contribution in [2.24, 2.45) is 14.1 Å². The topological polar surface area (TPSA) is 205 Å². The molecule has 11 rings (SSSR count). The average molecular weight is 1030 g/mol. The lowest BCUT2D eigenvalue weighted by Gasteiger charge is -2.32. The maximum Gasteiger partial charge on any atom is 0.514 e. The molecule has 1 fully saturated rings. The minimum Gasteiger partial charge on any atom is -0.493 e. The molecule has 0 radical (unpaired) electrons. The molecule has 0 unspecified atom stereocenters. The Hall–Kier alpha value is -7.40. The third-order valence-electron chi connectivity index (χ3n) is 12.7. The first-order chi connectivity index (χ1) is 33.4. The molecule has 366 valence electrons. The number of fused-ring (bicyclic) bond motifs is 4. The minimum absolute atomic E-state index is 0. The molecule has 2 aromatic carbocycles. The van der Waals surface area contributed by atoms with Crippen LogP contribution in [-0.4, -0.2) is 79.8 Å². The van der Waals surface area contributed by atoms with E-state index in [1.54, 1.807) is 50.4 Å². The van der Waals surface area contributed by atoms with E-state index in [0.717, 1.165) is 50.9 Å². The summed E-state index contributed by atoms with van der Waals surface area (Å²) < 4.78 is 59.2. The average Bonchev–Trinajstić information content (AvgIpc) is 4.20. The van der Waals surface area contributed by atoms with Gasteiger partial charge in [0.05, 0.1) is 69.5 Å². The number of nitrogens with zero attached hydrogens (tertiary/aromatic N) is 12. The van der Waals surface area contributed by atoms with Crippen LogP contribution in [0.3, 0.4) is 0 Å². The van der Waals surface area contributed by atoms with Crippen LogP contribution in [0, 0.1) is 48.1 Å². The summed E-state index contributed by atoms with van der Waals surface area (Å²) >= 11 is 3.36. The first kappa shape index (κ1) is 50.0. The SMILES string of the molecule is C.Cc1cc(-c2cnc(NCc3c(F)ccc4c3CCO4)n3cc(C#N)nc23)n(C)n1.Cc1cc(B2OC(C)(C)C(C)(C)O2)n(C)n1.N#Cc1cn2c(NCc3c(F)ccc4c3CCO4)ncc(Br)c2n1. The van der Waals surface area contributed by atoms with Gasteiger partial charge < -0.3 is 29.4 Å². The second-order valence-corrected chi connectivity index (χ2v) is 18.8. The molecule has 9 heterocycles. The van der Waals surface area contributed by atoms with Gasteiger partial charge in [0.1, 0.15) is 35.3 Å². The number of halogens is 3. The summed E-state index contributed by atoms with van der Waals surface area (Å²) in [6.07, 6.45) is 7.86. The Balaban J connectivity index is 0.000000148. The zero-order chi connectivity index (χ0) is 49.6. The van der Waals surface area contributed by atoms with Gasteiger partial charge in [-0.05, 0) is 93.9 Å². The molecule has 0 saturated carbocycles. The highest BCUT2D eigenvalue weighted by Crippen LogP contribution is 2.37. The number of aromatic nitrogens is 10. The fourth-order valence-electron chi connectivity index (χ4n) is 8.50. The lowest BCUT2D eigenvalue weighted by molar-refractivity contribution is 0.00578. The summed E-state index contributed by atoms with van der Waals surface area (Å²) in [5.41, 5.74) is 8.43. The number of ether oxygens (including phenoxy) is 2. The van der Waals surface area contributed by atoms with Gasteiger partial charge in [0.2, 0.25) is 11.9 Å². The Morgan fingerprint density at radius 2 is 1.23 bits per heavy atom. The van der Waals surface area contributed by atoms with E-state index in [2.05, 4.69) is 90.5 Å².